The quantitative estimate of drug-likeness (QED) is 0.263. The first-order valence-electron chi connectivity index (χ1n) is 11.0. The highest BCUT2D eigenvalue weighted by molar-refractivity contribution is 7.91. The van der Waals surface area contributed by atoms with Crippen LogP contribution in [0.5, 0.6) is 0 Å². The van der Waals surface area contributed by atoms with Crippen LogP contribution in [0.4, 0.5) is 35.1 Å². The van der Waals surface area contributed by atoms with E-state index in [0.29, 0.717) is 17.8 Å². The third kappa shape index (κ3) is 4.90. The van der Waals surface area contributed by atoms with Gasteiger partial charge in [0.05, 0.1) is 11.3 Å². The minimum atomic E-state index is -5.87. The second kappa shape index (κ2) is 9.13. The molecule has 0 aliphatic rings. The predicted octanol–water partition coefficient (Wildman–Crippen LogP) is 6.13. The van der Waals surface area contributed by atoms with Crippen molar-refractivity contribution in [2.75, 3.05) is 5.75 Å². The Balaban J connectivity index is 1.91. The van der Waals surface area contributed by atoms with Crippen molar-refractivity contribution in [2.24, 2.45) is 7.05 Å². The van der Waals surface area contributed by atoms with Crippen LogP contribution in [0.1, 0.15) is 24.5 Å². The Hall–Kier alpha value is -3.36. The largest absolute Gasteiger partial charge is 0.458 e. The summed E-state index contributed by atoms with van der Waals surface area (Å²) in [6.45, 7) is 1.36. The first-order valence-corrected chi connectivity index (χ1v) is 12.6. The van der Waals surface area contributed by atoms with Crippen LogP contribution >= 0.6 is 0 Å². The molecule has 15 heteroatoms. The van der Waals surface area contributed by atoms with Gasteiger partial charge in [0.25, 0.3) is 0 Å². The van der Waals surface area contributed by atoms with E-state index in [1.54, 1.807) is 0 Å². The van der Waals surface area contributed by atoms with Gasteiger partial charge in [-0.15, -0.1) is 0 Å². The van der Waals surface area contributed by atoms with Crippen molar-refractivity contribution in [2.45, 2.75) is 42.9 Å². The lowest BCUT2D eigenvalue weighted by Crippen LogP contribution is -2.33. The van der Waals surface area contributed by atoms with E-state index >= 15 is 0 Å². The highest BCUT2D eigenvalue weighted by Crippen LogP contribution is 2.44. The van der Waals surface area contributed by atoms with Crippen molar-refractivity contribution < 1.29 is 43.5 Å². The minimum Gasteiger partial charge on any atom is -0.310 e. The molecule has 3 heterocycles. The minimum absolute atomic E-state index is 0.106. The van der Waals surface area contributed by atoms with Gasteiger partial charge in [-0.3, -0.25) is 4.98 Å². The van der Waals surface area contributed by atoms with E-state index < -0.39 is 40.1 Å². The summed E-state index contributed by atoms with van der Waals surface area (Å²) in [5, 5.41) is 0.376. The molecule has 0 aliphatic heterocycles. The number of aromatic nitrogens is 4. The number of rotatable bonds is 6. The molecule has 0 spiro atoms. The third-order valence-electron chi connectivity index (χ3n) is 5.94. The van der Waals surface area contributed by atoms with E-state index in [-0.39, 0.29) is 50.5 Å². The smallest absolute Gasteiger partial charge is 0.310 e. The average molecular weight is 566 g/mol. The van der Waals surface area contributed by atoms with Crippen molar-refractivity contribution in [3.8, 4) is 11.5 Å². The van der Waals surface area contributed by atoms with Crippen LogP contribution in [-0.2, 0) is 29.2 Å². The average Bonchev–Trinajstić information content (AvgIpc) is 3.16. The fourth-order valence-corrected chi connectivity index (χ4v) is 5.18. The molecule has 0 bridgehead atoms. The van der Waals surface area contributed by atoms with Gasteiger partial charge in [0.15, 0.2) is 21.3 Å². The highest BCUT2D eigenvalue weighted by atomic mass is 32.2. The lowest BCUT2D eigenvalue weighted by Gasteiger charge is -2.19. The number of nitrogens with zero attached hydrogens (tertiary/aromatic N) is 4. The molecule has 38 heavy (non-hydrogen) atoms. The molecule has 0 fully saturated rings. The van der Waals surface area contributed by atoms with Crippen molar-refractivity contribution in [1.29, 1.82) is 0 Å². The Morgan fingerprint density at radius 2 is 1.63 bits per heavy atom. The number of hydrogen-bond acceptors (Lipinski definition) is 5. The number of halogens is 8. The SMILES string of the molecule is CCS(=O)(=O)c1c(-c2nc3cc(C(F)(F)C(F)(F)F)cnc3n2C)ncc2cc(CCC(F)(F)F)ccc12. The topological polar surface area (TPSA) is 77.7 Å². The van der Waals surface area contributed by atoms with Gasteiger partial charge in [0, 0.05) is 36.6 Å². The van der Waals surface area contributed by atoms with Gasteiger partial charge in [0.1, 0.15) is 16.1 Å². The molecule has 1 aromatic carbocycles. The summed E-state index contributed by atoms with van der Waals surface area (Å²) in [4.78, 5) is 11.6. The van der Waals surface area contributed by atoms with E-state index in [1.165, 1.54) is 42.9 Å². The van der Waals surface area contributed by atoms with Crippen molar-refractivity contribution in [1.82, 2.24) is 19.5 Å². The van der Waals surface area contributed by atoms with Crippen LogP contribution in [-0.4, -0.2) is 46.0 Å². The summed E-state index contributed by atoms with van der Waals surface area (Å²) in [6, 6.07) is 4.60. The molecule has 4 aromatic rings. The molecule has 6 nitrogen and oxygen atoms in total. The van der Waals surface area contributed by atoms with E-state index in [1.807, 2.05) is 0 Å². The summed E-state index contributed by atoms with van der Waals surface area (Å²) >= 11 is 0. The number of alkyl halides is 8. The number of hydrogen-bond donors (Lipinski definition) is 0. The molecule has 0 unspecified atom stereocenters. The van der Waals surface area contributed by atoms with Gasteiger partial charge in [-0.2, -0.15) is 35.1 Å². The molecule has 0 saturated heterocycles. The Labute approximate surface area is 210 Å². The number of aryl methyl sites for hydroxylation is 2. The normalized spacial score (nSPS) is 13.5. The maximum atomic E-state index is 13.9. The molecule has 0 amide bonds. The molecular weight excluding hydrogens is 548 g/mol. The summed E-state index contributed by atoms with van der Waals surface area (Å²) in [7, 11) is -2.69. The molecule has 0 N–H and O–H groups in total. The van der Waals surface area contributed by atoms with Crippen molar-refractivity contribution in [3.05, 3.63) is 47.8 Å². The Morgan fingerprint density at radius 3 is 2.24 bits per heavy atom. The summed E-state index contributed by atoms with van der Waals surface area (Å²) < 4.78 is 132. The molecule has 204 valence electrons. The van der Waals surface area contributed by atoms with Crippen molar-refractivity contribution >= 4 is 31.8 Å². The lowest BCUT2D eigenvalue weighted by molar-refractivity contribution is -0.289. The Morgan fingerprint density at radius 1 is 0.947 bits per heavy atom. The van der Waals surface area contributed by atoms with Crippen LogP contribution in [0.25, 0.3) is 33.5 Å². The number of fused-ring (bicyclic) bond motifs is 2. The highest BCUT2D eigenvalue weighted by Gasteiger charge is 2.59. The van der Waals surface area contributed by atoms with E-state index in [4.69, 9.17) is 0 Å². The number of pyridine rings is 2. The second-order valence-electron chi connectivity index (χ2n) is 8.51. The van der Waals surface area contributed by atoms with Gasteiger partial charge in [-0.1, -0.05) is 19.1 Å². The maximum Gasteiger partial charge on any atom is 0.458 e. The molecule has 0 atom stereocenters. The monoisotopic (exact) mass is 566 g/mol. The maximum absolute atomic E-state index is 13.9. The summed E-state index contributed by atoms with van der Waals surface area (Å²) in [6.07, 6.45) is -10.1. The third-order valence-corrected chi connectivity index (χ3v) is 7.73. The van der Waals surface area contributed by atoms with Gasteiger partial charge in [0.2, 0.25) is 0 Å². The van der Waals surface area contributed by atoms with Crippen LogP contribution in [0.2, 0.25) is 0 Å². The summed E-state index contributed by atoms with van der Waals surface area (Å²) in [5.74, 6) is -5.76. The van der Waals surface area contributed by atoms with Crippen LogP contribution in [0.3, 0.4) is 0 Å². The number of sulfone groups is 1. The Bertz CT molecular complexity index is 1640. The van der Waals surface area contributed by atoms with Gasteiger partial charge >= 0.3 is 18.3 Å². The molecule has 3 aromatic heterocycles. The van der Waals surface area contributed by atoms with E-state index in [0.717, 1.165) is 0 Å². The van der Waals surface area contributed by atoms with Crippen LogP contribution in [0.15, 0.2) is 41.6 Å². The fourth-order valence-electron chi connectivity index (χ4n) is 3.93. The first-order chi connectivity index (χ1) is 17.5. The van der Waals surface area contributed by atoms with Crippen molar-refractivity contribution in [3.63, 3.8) is 0 Å². The van der Waals surface area contributed by atoms with E-state index in [2.05, 4.69) is 15.0 Å². The molecule has 0 radical (unpaired) electrons. The van der Waals surface area contributed by atoms with Crippen LogP contribution < -0.4 is 0 Å². The standard InChI is InChI=1S/C23H18F8N4O2S/c1-3-38(36,37)18-15-5-4-12(6-7-21(24,25)26)8-13(15)10-32-17(18)20-34-16-9-14(11-33-19(16)35(20)2)22(27,28)23(29,30)31/h4-5,8-11H,3,6-7H2,1-2H3. The Kier molecular flexibility index (Phi) is 6.65. The number of imidazole rings is 1. The van der Waals surface area contributed by atoms with Gasteiger partial charge in [-0.25, -0.2) is 18.4 Å². The zero-order chi connectivity index (χ0) is 28.3. The lowest BCUT2D eigenvalue weighted by atomic mass is 10.0. The molecule has 0 saturated carbocycles. The summed E-state index contributed by atoms with van der Waals surface area (Å²) in [5.41, 5.74) is -1.82. The predicted molar refractivity (Wildman–Crippen MR) is 121 cm³/mol. The molecular formula is C23H18F8N4O2S. The zero-order valence-electron chi connectivity index (χ0n) is 19.6. The second-order valence-corrected chi connectivity index (χ2v) is 10.7. The molecule has 4 rings (SSSR count). The van der Waals surface area contributed by atoms with Gasteiger partial charge in [-0.05, 0) is 24.1 Å². The number of benzene rings is 1. The van der Waals surface area contributed by atoms with E-state index in [9.17, 15) is 43.5 Å². The first kappa shape index (κ1) is 27.7. The fraction of sp³-hybridized carbons (Fsp3) is 0.348. The van der Waals surface area contributed by atoms with Crippen LogP contribution in [0, 0.1) is 0 Å². The van der Waals surface area contributed by atoms with Gasteiger partial charge < -0.3 is 4.57 Å². The molecule has 0 aliphatic carbocycles. The zero-order valence-corrected chi connectivity index (χ0v) is 20.4.